The molecule has 1 aliphatic rings. The molecule has 0 amide bonds. The van der Waals surface area contributed by atoms with Crippen LogP contribution < -0.4 is 5.32 Å². The predicted molar refractivity (Wildman–Crippen MR) is 226 cm³/mol. The van der Waals surface area contributed by atoms with Crippen LogP contribution in [0.2, 0.25) is 0 Å². The van der Waals surface area contributed by atoms with E-state index in [0.717, 1.165) is 44.8 Å². The van der Waals surface area contributed by atoms with Crippen molar-refractivity contribution in [3.8, 4) is 33.4 Å². The van der Waals surface area contributed by atoms with E-state index in [2.05, 4.69) is 192 Å². The van der Waals surface area contributed by atoms with Crippen molar-refractivity contribution >= 4 is 43.7 Å². The number of aromatic nitrogens is 1. The zero-order valence-electron chi connectivity index (χ0n) is 29.5. The lowest BCUT2D eigenvalue weighted by atomic mass is 9.85. The van der Waals surface area contributed by atoms with Crippen LogP contribution in [0.5, 0.6) is 0 Å². The van der Waals surface area contributed by atoms with Gasteiger partial charge in [0.1, 0.15) is 6.17 Å². The van der Waals surface area contributed by atoms with E-state index >= 15 is 0 Å². The third kappa shape index (κ3) is 5.64. The van der Waals surface area contributed by atoms with Crippen molar-refractivity contribution in [1.29, 1.82) is 0 Å². The first-order valence-electron chi connectivity index (χ1n) is 18.4. The van der Waals surface area contributed by atoms with Crippen molar-refractivity contribution in [3.05, 3.63) is 217 Å². The third-order valence-corrected chi connectivity index (χ3v) is 10.6. The first-order valence-corrected chi connectivity index (χ1v) is 18.4. The monoisotopic (exact) mass is 689 g/mol. The van der Waals surface area contributed by atoms with Gasteiger partial charge in [0.05, 0.1) is 5.71 Å². The van der Waals surface area contributed by atoms with Gasteiger partial charge in [-0.25, -0.2) is 0 Å². The summed E-state index contributed by atoms with van der Waals surface area (Å²) >= 11 is 0. The molecule has 0 saturated heterocycles. The van der Waals surface area contributed by atoms with Crippen LogP contribution in [0.15, 0.2) is 205 Å². The van der Waals surface area contributed by atoms with Gasteiger partial charge in [-0.1, -0.05) is 164 Å². The average molecular weight is 690 g/mol. The molecule has 1 aromatic heterocycles. The van der Waals surface area contributed by atoms with Crippen molar-refractivity contribution in [1.82, 2.24) is 10.3 Å². The Morgan fingerprint density at radius 3 is 1.76 bits per heavy atom. The van der Waals surface area contributed by atoms with Crippen molar-refractivity contribution in [2.75, 3.05) is 0 Å². The van der Waals surface area contributed by atoms with Crippen LogP contribution in [0, 0.1) is 0 Å². The van der Waals surface area contributed by atoms with Crippen LogP contribution in [-0.2, 0) is 0 Å². The molecule has 1 N–H and O–H groups in total. The van der Waals surface area contributed by atoms with Crippen LogP contribution in [-0.4, -0.2) is 10.7 Å². The number of allylic oxidation sites excluding steroid dienone is 1. The largest absolute Gasteiger partial charge is 0.360 e. The highest BCUT2D eigenvalue weighted by atomic mass is 15.1. The molecule has 0 spiro atoms. The Morgan fingerprint density at radius 1 is 0.426 bits per heavy atom. The summed E-state index contributed by atoms with van der Waals surface area (Å²) in [6, 6.07) is 65.1. The van der Waals surface area contributed by atoms with Crippen molar-refractivity contribution in [3.63, 3.8) is 0 Å². The summed E-state index contributed by atoms with van der Waals surface area (Å²) in [4.78, 5) is 9.91. The number of hydrogen-bond donors (Lipinski definition) is 1. The second-order valence-electron chi connectivity index (χ2n) is 13.8. The molecule has 1 atom stereocenters. The van der Waals surface area contributed by atoms with E-state index in [4.69, 9.17) is 4.99 Å². The Morgan fingerprint density at radius 2 is 1.04 bits per heavy atom. The molecule has 1 aliphatic heterocycles. The fraction of sp³-hybridized carbons (Fsp3) is 0.0196. The SMILES string of the molecule is C1=C(c2ccc3ccccc3c2)NC(c2cccc(-c3c4ccccc4c(-c4ccccc4)c4ccccc34)c2)N=C1c1ccccc1-c1cccnc1. The van der Waals surface area contributed by atoms with E-state index in [9.17, 15) is 0 Å². The Labute approximate surface area is 314 Å². The molecule has 1 unspecified atom stereocenters. The van der Waals surface area contributed by atoms with Gasteiger partial charge < -0.3 is 5.32 Å². The van der Waals surface area contributed by atoms with E-state index in [1.165, 1.54) is 49.0 Å². The first kappa shape index (κ1) is 31.6. The molecule has 3 heteroatoms. The number of aliphatic imine (C=N–C) groups is 1. The number of fused-ring (bicyclic) bond motifs is 3. The number of rotatable bonds is 6. The highest BCUT2D eigenvalue weighted by Gasteiger charge is 2.23. The molecule has 0 fully saturated rings. The summed E-state index contributed by atoms with van der Waals surface area (Å²) in [7, 11) is 0. The molecule has 3 nitrogen and oxygen atoms in total. The van der Waals surface area contributed by atoms with E-state index in [0.29, 0.717) is 0 Å². The van der Waals surface area contributed by atoms with Gasteiger partial charge in [0.2, 0.25) is 0 Å². The van der Waals surface area contributed by atoms with Gasteiger partial charge in [-0.05, 0) is 95.5 Å². The normalized spacial score (nSPS) is 14.1. The summed E-state index contributed by atoms with van der Waals surface area (Å²) in [5.74, 6) is 0. The molecule has 0 saturated carbocycles. The second kappa shape index (κ2) is 13.5. The molecule has 10 rings (SSSR count). The molecular weight excluding hydrogens is 655 g/mol. The topological polar surface area (TPSA) is 37.3 Å². The van der Waals surface area contributed by atoms with Crippen molar-refractivity contribution in [2.45, 2.75) is 6.17 Å². The predicted octanol–water partition coefficient (Wildman–Crippen LogP) is 12.7. The molecule has 8 aromatic carbocycles. The van der Waals surface area contributed by atoms with Gasteiger partial charge in [-0.15, -0.1) is 0 Å². The quantitative estimate of drug-likeness (QED) is 0.176. The maximum Gasteiger partial charge on any atom is 0.145 e. The minimum absolute atomic E-state index is 0.325. The Kier molecular flexibility index (Phi) is 7.88. The zero-order chi connectivity index (χ0) is 35.8. The molecule has 54 heavy (non-hydrogen) atoms. The van der Waals surface area contributed by atoms with Crippen LogP contribution in [0.25, 0.3) is 71.4 Å². The van der Waals surface area contributed by atoms with Crippen LogP contribution in [0.1, 0.15) is 22.9 Å². The number of nitrogens with one attached hydrogen (secondary N) is 1. The molecule has 0 radical (unpaired) electrons. The highest BCUT2D eigenvalue weighted by Crippen LogP contribution is 2.44. The van der Waals surface area contributed by atoms with E-state index in [1.54, 1.807) is 0 Å². The average Bonchev–Trinajstić information content (AvgIpc) is 3.26. The van der Waals surface area contributed by atoms with E-state index in [1.807, 2.05) is 18.5 Å². The molecule has 0 bridgehead atoms. The number of pyridine rings is 1. The van der Waals surface area contributed by atoms with Gasteiger partial charge in [0.15, 0.2) is 0 Å². The fourth-order valence-corrected chi connectivity index (χ4v) is 8.06. The Hall–Kier alpha value is -7.10. The molecule has 9 aromatic rings. The minimum atomic E-state index is -0.325. The standard InChI is InChI=1S/C51H35N3/c1-2-15-35(16-3-1)49-43-23-8-10-25-45(43)50(46-26-11-9-24-44(46)49)38-18-12-19-39(31-38)51-53-47(37-28-27-34-14-4-5-17-36(34)30-37)32-48(54-51)42-22-7-6-21-41(42)40-20-13-29-52-33-40/h1-33,51,53H. The van der Waals surface area contributed by atoms with E-state index < -0.39 is 0 Å². The third-order valence-electron chi connectivity index (χ3n) is 10.6. The van der Waals surface area contributed by atoms with Gasteiger partial charge in [-0.2, -0.15) is 0 Å². The van der Waals surface area contributed by atoms with Crippen LogP contribution in [0.3, 0.4) is 0 Å². The van der Waals surface area contributed by atoms with Crippen LogP contribution in [0.4, 0.5) is 0 Å². The fourth-order valence-electron chi connectivity index (χ4n) is 8.06. The molecule has 254 valence electrons. The number of benzene rings is 8. The smallest absolute Gasteiger partial charge is 0.145 e. The molecular formula is C51H35N3. The minimum Gasteiger partial charge on any atom is -0.360 e. The van der Waals surface area contributed by atoms with Crippen LogP contribution >= 0.6 is 0 Å². The lowest BCUT2D eigenvalue weighted by Gasteiger charge is -2.26. The van der Waals surface area contributed by atoms with E-state index in [-0.39, 0.29) is 6.17 Å². The summed E-state index contributed by atoms with van der Waals surface area (Å²) in [5.41, 5.74) is 12.3. The summed E-state index contributed by atoms with van der Waals surface area (Å²) in [6.07, 6.45) is 5.61. The molecule has 2 heterocycles. The van der Waals surface area contributed by atoms with Gasteiger partial charge >= 0.3 is 0 Å². The highest BCUT2D eigenvalue weighted by molar-refractivity contribution is 6.21. The zero-order valence-corrected chi connectivity index (χ0v) is 29.5. The number of hydrogen-bond acceptors (Lipinski definition) is 3. The van der Waals surface area contributed by atoms with Gasteiger partial charge in [0.25, 0.3) is 0 Å². The lowest BCUT2D eigenvalue weighted by molar-refractivity contribution is 0.664. The molecule has 0 aliphatic carbocycles. The maximum absolute atomic E-state index is 5.47. The summed E-state index contributed by atoms with van der Waals surface area (Å²) < 4.78 is 0. The lowest BCUT2D eigenvalue weighted by Crippen LogP contribution is -2.25. The van der Waals surface area contributed by atoms with Crippen molar-refractivity contribution in [2.24, 2.45) is 4.99 Å². The Bertz CT molecular complexity index is 2850. The van der Waals surface area contributed by atoms with Gasteiger partial charge in [-0.3, -0.25) is 9.98 Å². The number of nitrogens with zero attached hydrogens (tertiary/aromatic N) is 2. The maximum atomic E-state index is 5.47. The first-order chi connectivity index (χ1) is 26.8. The van der Waals surface area contributed by atoms with Gasteiger partial charge in [0, 0.05) is 29.2 Å². The Balaban J connectivity index is 1.15. The summed E-state index contributed by atoms with van der Waals surface area (Å²) in [5, 5.41) is 11.2. The van der Waals surface area contributed by atoms with Crippen molar-refractivity contribution < 1.29 is 0 Å². The second-order valence-corrected chi connectivity index (χ2v) is 13.8. The summed E-state index contributed by atoms with van der Waals surface area (Å²) in [6.45, 7) is 0.